The molecule has 0 aliphatic heterocycles. The molecule has 0 saturated carbocycles. The molecule has 23 heavy (non-hydrogen) atoms. The highest BCUT2D eigenvalue weighted by molar-refractivity contribution is 5.84. The van der Waals surface area contributed by atoms with Crippen molar-refractivity contribution in [1.29, 1.82) is 0 Å². The lowest BCUT2D eigenvalue weighted by Gasteiger charge is -2.12. The number of benzene rings is 2. The first kappa shape index (κ1) is 16.4. The van der Waals surface area contributed by atoms with Crippen LogP contribution in [0.3, 0.4) is 0 Å². The van der Waals surface area contributed by atoms with Crippen molar-refractivity contribution in [3.63, 3.8) is 0 Å². The van der Waals surface area contributed by atoms with Crippen molar-refractivity contribution in [2.24, 2.45) is 0 Å². The van der Waals surface area contributed by atoms with Gasteiger partial charge in [-0.15, -0.1) is 0 Å². The predicted octanol–water partition coefficient (Wildman–Crippen LogP) is 3.29. The summed E-state index contributed by atoms with van der Waals surface area (Å²) < 4.78 is 10.3. The standard InChI is InChI=1S/C17H17NO5/c1-12(16(19)20)23-15-9-5-8-14(10-15)18-17(21)22-11-13-6-3-2-4-7-13/h2-10,12H,11H2,1H3,(H,18,21)(H,19,20). The molecule has 0 bridgehead atoms. The molecule has 0 heterocycles. The molecule has 2 N–H and O–H groups in total. The maximum absolute atomic E-state index is 11.8. The molecule has 1 unspecified atom stereocenters. The molecule has 0 aliphatic rings. The zero-order valence-corrected chi connectivity index (χ0v) is 12.6. The second-order valence-corrected chi connectivity index (χ2v) is 4.81. The summed E-state index contributed by atoms with van der Waals surface area (Å²) in [5.41, 5.74) is 1.34. The third-order valence-electron chi connectivity index (χ3n) is 2.95. The van der Waals surface area contributed by atoms with Crippen LogP contribution in [-0.2, 0) is 16.1 Å². The Morgan fingerprint density at radius 1 is 1.13 bits per heavy atom. The van der Waals surface area contributed by atoms with E-state index < -0.39 is 18.2 Å². The van der Waals surface area contributed by atoms with Crippen LogP contribution < -0.4 is 10.1 Å². The summed E-state index contributed by atoms with van der Waals surface area (Å²) in [5, 5.41) is 11.4. The Morgan fingerprint density at radius 2 is 1.87 bits per heavy atom. The van der Waals surface area contributed by atoms with Crippen LogP contribution in [0, 0.1) is 0 Å². The highest BCUT2D eigenvalue weighted by atomic mass is 16.5. The zero-order valence-electron chi connectivity index (χ0n) is 12.6. The fourth-order valence-corrected chi connectivity index (χ4v) is 1.78. The van der Waals surface area contributed by atoms with E-state index in [-0.39, 0.29) is 6.61 Å². The maximum atomic E-state index is 11.8. The minimum atomic E-state index is -1.06. The van der Waals surface area contributed by atoms with E-state index in [1.54, 1.807) is 18.2 Å². The lowest BCUT2D eigenvalue weighted by molar-refractivity contribution is -0.144. The number of carboxylic acid groups (broad SMARTS) is 1. The molecule has 6 heteroatoms. The summed E-state index contributed by atoms with van der Waals surface area (Å²) in [6.07, 6.45) is -1.58. The second-order valence-electron chi connectivity index (χ2n) is 4.81. The number of rotatable bonds is 6. The van der Waals surface area contributed by atoms with Crippen LogP contribution in [0.4, 0.5) is 10.5 Å². The van der Waals surface area contributed by atoms with Gasteiger partial charge in [0.2, 0.25) is 0 Å². The molecule has 0 fully saturated rings. The fraction of sp³-hybridized carbons (Fsp3) is 0.176. The Kier molecular flexibility index (Phi) is 5.57. The number of carboxylic acids is 1. The van der Waals surface area contributed by atoms with Gasteiger partial charge in [-0.3, -0.25) is 5.32 Å². The second kappa shape index (κ2) is 7.84. The fourth-order valence-electron chi connectivity index (χ4n) is 1.78. The van der Waals surface area contributed by atoms with Crippen LogP contribution in [0.2, 0.25) is 0 Å². The number of hydrogen-bond acceptors (Lipinski definition) is 4. The predicted molar refractivity (Wildman–Crippen MR) is 84.4 cm³/mol. The van der Waals surface area contributed by atoms with Gasteiger partial charge < -0.3 is 14.6 Å². The highest BCUT2D eigenvalue weighted by Gasteiger charge is 2.13. The van der Waals surface area contributed by atoms with E-state index in [0.29, 0.717) is 11.4 Å². The van der Waals surface area contributed by atoms with E-state index >= 15 is 0 Å². The van der Waals surface area contributed by atoms with Gasteiger partial charge in [0.15, 0.2) is 6.10 Å². The Balaban J connectivity index is 1.89. The summed E-state index contributed by atoms with van der Waals surface area (Å²) in [6, 6.07) is 15.8. The minimum absolute atomic E-state index is 0.166. The first-order chi connectivity index (χ1) is 11.0. The van der Waals surface area contributed by atoms with Crippen LogP contribution in [-0.4, -0.2) is 23.3 Å². The highest BCUT2D eigenvalue weighted by Crippen LogP contribution is 2.19. The zero-order chi connectivity index (χ0) is 16.7. The van der Waals surface area contributed by atoms with Crippen molar-refractivity contribution in [2.45, 2.75) is 19.6 Å². The molecule has 0 radical (unpaired) electrons. The van der Waals surface area contributed by atoms with Gasteiger partial charge in [0, 0.05) is 11.8 Å². The number of carbonyl (C=O) groups is 2. The number of nitrogens with one attached hydrogen (secondary N) is 1. The average molecular weight is 315 g/mol. The van der Waals surface area contributed by atoms with E-state index in [9.17, 15) is 9.59 Å². The number of carbonyl (C=O) groups excluding carboxylic acids is 1. The average Bonchev–Trinajstić information content (AvgIpc) is 2.54. The van der Waals surface area contributed by atoms with Crippen LogP contribution in [0.5, 0.6) is 5.75 Å². The molecule has 0 aliphatic carbocycles. The number of ether oxygens (including phenoxy) is 2. The minimum Gasteiger partial charge on any atom is -0.479 e. The van der Waals surface area contributed by atoms with Gasteiger partial charge in [0.25, 0.3) is 0 Å². The van der Waals surface area contributed by atoms with Gasteiger partial charge in [-0.2, -0.15) is 0 Å². The van der Waals surface area contributed by atoms with Crippen molar-refractivity contribution in [2.75, 3.05) is 5.32 Å². The molecule has 2 aromatic rings. The first-order valence-corrected chi connectivity index (χ1v) is 7.02. The van der Waals surface area contributed by atoms with Crippen molar-refractivity contribution >= 4 is 17.7 Å². The van der Waals surface area contributed by atoms with E-state index in [1.165, 1.54) is 13.0 Å². The topological polar surface area (TPSA) is 84.9 Å². The Labute approximate surface area is 133 Å². The van der Waals surface area contributed by atoms with Gasteiger partial charge in [0.05, 0.1) is 0 Å². The SMILES string of the molecule is CC(Oc1cccc(NC(=O)OCc2ccccc2)c1)C(=O)O. The molecule has 2 aromatic carbocycles. The lowest BCUT2D eigenvalue weighted by Crippen LogP contribution is -2.22. The lowest BCUT2D eigenvalue weighted by atomic mass is 10.2. The van der Waals surface area contributed by atoms with Gasteiger partial charge in [0.1, 0.15) is 12.4 Å². The van der Waals surface area contributed by atoms with Crippen LogP contribution in [0.25, 0.3) is 0 Å². The molecule has 0 aromatic heterocycles. The third kappa shape index (κ3) is 5.35. The summed E-state index contributed by atoms with van der Waals surface area (Å²) in [4.78, 5) is 22.5. The molecule has 6 nitrogen and oxygen atoms in total. The normalized spacial score (nSPS) is 11.3. The van der Waals surface area contributed by atoms with Gasteiger partial charge in [-0.05, 0) is 24.6 Å². The van der Waals surface area contributed by atoms with Crippen LogP contribution in [0.1, 0.15) is 12.5 Å². The smallest absolute Gasteiger partial charge is 0.411 e. The Bertz CT molecular complexity index is 672. The van der Waals surface area contributed by atoms with Gasteiger partial charge in [-0.1, -0.05) is 36.4 Å². The summed E-state index contributed by atoms with van der Waals surface area (Å²) >= 11 is 0. The Morgan fingerprint density at radius 3 is 2.57 bits per heavy atom. The summed E-state index contributed by atoms with van der Waals surface area (Å²) in [6.45, 7) is 1.59. The number of amides is 1. The van der Waals surface area contributed by atoms with Crippen molar-refractivity contribution in [1.82, 2.24) is 0 Å². The van der Waals surface area contributed by atoms with E-state index in [2.05, 4.69) is 5.32 Å². The molecule has 2 rings (SSSR count). The Hall–Kier alpha value is -3.02. The quantitative estimate of drug-likeness (QED) is 0.854. The number of anilines is 1. The van der Waals surface area contributed by atoms with Crippen LogP contribution >= 0.6 is 0 Å². The maximum Gasteiger partial charge on any atom is 0.411 e. The number of hydrogen-bond donors (Lipinski definition) is 2. The molecule has 120 valence electrons. The van der Waals surface area contributed by atoms with Crippen molar-refractivity contribution in [3.05, 3.63) is 60.2 Å². The van der Waals surface area contributed by atoms with E-state index in [0.717, 1.165) is 5.56 Å². The third-order valence-corrected chi connectivity index (χ3v) is 2.95. The van der Waals surface area contributed by atoms with Gasteiger partial charge in [-0.25, -0.2) is 9.59 Å². The molecule has 0 spiro atoms. The van der Waals surface area contributed by atoms with Crippen molar-refractivity contribution < 1.29 is 24.2 Å². The molecule has 1 atom stereocenters. The van der Waals surface area contributed by atoms with E-state index in [1.807, 2.05) is 30.3 Å². The first-order valence-electron chi connectivity index (χ1n) is 7.02. The van der Waals surface area contributed by atoms with E-state index in [4.69, 9.17) is 14.6 Å². The summed E-state index contributed by atoms with van der Waals surface area (Å²) in [7, 11) is 0. The van der Waals surface area contributed by atoms with Crippen LogP contribution in [0.15, 0.2) is 54.6 Å². The van der Waals surface area contributed by atoms with Crippen molar-refractivity contribution in [3.8, 4) is 5.75 Å². The largest absolute Gasteiger partial charge is 0.479 e. The molecule has 0 saturated heterocycles. The monoisotopic (exact) mass is 315 g/mol. The summed E-state index contributed by atoms with van der Waals surface area (Å²) in [5.74, 6) is -0.716. The van der Waals surface area contributed by atoms with Gasteiger partial charge >= 0.3 is 12.1 Å². The molecule has 1 amide bonds. The number of aliphatic carboxylic acids is 1. The molecular weight excluding hydrogens is 298 g/mol. The molecular formula is C17H17NO5.